The minimum atomic E-state index is 0.0431. The molecule has 1 saturated heterocycles. The molecule has 0 aromatic heterocycles. The predicted octanol–water partition coefficient (Wildman–Crippen LogP) is 1.76. The van der Waals surface area contributed by atoms with Crippen LogP contribution in [0.1, 0.15) is 37.0 Å². The maximum absolute atomic E-state index is 12.6. The second-order valence-corrected chi connectivity index (χ2v) is 7.57. The average Bonchev–Trinajstić information content (AvgIpc) is 3.44. The fourth-order valence-corrected chi connectivity index (χ4v) is 3.05. The number of nitrogens with zero attached hydrogens (tertiary/aromatic N) is 2. The lowest BCUT2D eigenvalue weighted by atomic mass is 10.1. The Hall–Kier alpha value is -2.08. The molecule has 1 aromatic rings. The van der Waals surface area contributed by atoms with Crippen LogP contribution in [0, 0.1) is 5.92 Å². The summed E-state index contributed by atoms with van der Waals surface area (Å²) in [6.07, 6.45) is 2.53. The topological polar surface area (TPSA) is 61.9 Å². The third-order valence-electron chi connectivity index (χ3n) is 4.76. The number of piperazine rings is 1. The summed E-state index contributed by atoms with van der Waals surface area (Å²) in [5.41, 5.74) is 0.690. The molecule has 6 nitrogen and oxygen atoms in total. The molecular formula is C20H29N3O3. The van der Waals surface area contributed by atoms with Gasteiger partial charge >= 0.3 is 0 Å². The summed E-state index contributed by atoms with van der Waals surface area (Å²) in [6.45, 7) is 7.82. The summed E-state index contributed by atoms with van der Waals surface area (Å²) < 4.78 is 5.72. The van der Waals surface area contributed by atoms with E-state index in [4.69, 9.17) is 4.74 Å². The number of benzene rings is 1. The van der Waals surface area contributed by atoms with Gasteiger partial charge in [-0.2, -0.15) is 0 Å². The Morgan fingerprint density at radius 1 is 1.12 bits per heavy atom. The number of carbonyl (C=O) groups excluding carboxylic acids is 2. The van der Waals surface area contributed by atoms with E-state index in [2.05, 4.69) is 10.2 Å². The molecule has 0 unspecified atom stereocenters. The third kappa shape index (κ3) is 5.46. The quantitative estimate of drug-likeness (QED) is 0.806. The molecule has 1 N–H and O–H groups in total. The molecule has 1 aromatic carbocycles. The van der Waals surface area contributed by atoms with Crippen molar-refractivity contribution >= 4 is 11.8 Å². The lowest BCUT2D eigenvalue weighted by Crippen LogP contribution is -2.51. The molecule has 26 heavy (non-hydrogen) atoms. The highest BCUT2D eigenvalue weighted by atomic mass is 16.5. The van der Waals surface area contributed by atoms with Crippen molar-refractivity contribution in [1.29, 1.82) is 0 Å². The molecule has 3 rings (SSSR count). The summed E-state index contributed by atoms with van der Waals surface area (Å²) in [5, 5.41) is 2.90. The number of hydrogen-bond donors (Lipinski definition) is 1. The Morgan fingerprint density at radius 3 is 2.35 bits per heavy atom. The Labute approximate surface area is 155 Å². The van der Waals surface area contributed by atoms with Crippen molar-refractivity contribution in [1.82, 2.24) is 15.1 Å². The van der Waals surface area contributed by atoms with Gasteiger partial charge in [0.1, 0.15) is 5.75 Å². The Bertz CT molecular complexity index is 618. The number of nitrogens with one attached hydrogen (secondary N) is 1. The largest absolute Gasteiger partial charge is 0.493 e. The zero-order valence-corrected chi connectivity index (χ0v) is 15.7. The Morgan fingerprint density at radius 2 is 1.77 bits per heavy atom. The highest BCUT2D eigenvalue weighted by Gasteiger charge is 2.24. The SMILES string of the molecule is CC(C)NC(=O)CN1CCN(C(=O)c2ccc(OCC3CC3)cc2)CC1. The Kier molecular flexibility index (Phi) is 6.14. The van der Waals surface area contributed by atoms with E-state index in [-0.39, 0.29) is 17.9 Å². The third-order valence-corrected chi connectivity index (χ3v) is 4.76. The highest BCUT2D eigenvalue weighted by Crippen LogP contribution is 2.29. The van der Waals surface area contributed by atoms with Gasteiger partial charge in [-0.05, 0) is 56.9 Å². The second kappa shape index (κ2) is 8.54. The van der Waals surface area contributed by atoms with E-state index in [0.29, 0.717) is 25.2 Å². The average molecular weight is 359 g/mol. The zero-order valence-electron chi connectivity index (χ0n) is 15.7. The first-order valence-corrected chi connectivity index (χ1v) is 9.55. The van der Waals surface area contributed by atoms with Crippen molar-refractivity contribution in [3.63, 3.8) is 0 Å². The monoisotopic (exact) mass is 359 g/mol. The molecule has 0 radical (unpaired) electrons. The van der Waals surface area contributed by atoms with E-state index in [1.807, 2.05) is 43.0 Å². The summed E-state index contributed by atoms with van der Waals surface area (Å²) >= 11 is 0. The minimum Gasteiger partial charge on any atom is -0.493 e. The number of hydrogen-bond acceptors (Lipinski definition) is 4. The molecule has 6 heteroatoms. The molecule has 1 saturated carbocycles. The van der Waals surface area contributed by atoms with Gasteiger partial charge in [0, 0.05) is 37.8 Å². The number of rotatable bonds is 7. The molecular weight excluding hydrogens is 330 g/mol. The van der Waals surface area contributed by atoms with E-state index in [0.717, 1.165) is 31.4 Å². The normalized spacial score (nSPS) is 18.0. The van der Waals surface area contributed by atoms with Crippen LogP contribution in [-0.4, -0.2) is 67.0 Å². The highest BCUT2D eigenvalue weighted by molar-refractivity contribution is 5.94. The maximum atomic E-state index is 12.6. The number of amides is 2. The van der Waals surface area contributed by atoms with Gasteiger partial charge in [-0.15, -0.1) is 0 Å². The standard InChI is InChI=1S/C20H29N3O3/c1-15(2)21-19(24)13-22-9-11-23(12-10-22)20(25)17-5-7-18(8-6-17)26-14-16-3-4-16/h5-8,15-16H,3-4,9-14H2,1-2H3,(H,21,24). The van der Waals surface area contributed by atoms with E-state index < -0.39 is 0 Å². The number of ether oxygens (including phenoxy) is 1. The molecule has 0 bridgehead atoms. The van der Waals surface area contributed by atoms with Crippen LogP contribution in [0.15, 0.2) is 24.3 Å². The second-order valence-electron chi connectivity index (χ2n) is 7.57. The first kappa shape index (κ1) is 18.7. The van der Waals surface area contributed by atoms with Crippen molar-refractivity contribution in [2.24, 2.45) is 5.92 Å². The molecule has 1 aliphatic carbocycles. The van der Waals surface area contributed by atoms with Crippen molar-refractivity contribution in [2.75, 3.05) is 39.3 Å². The first-order chi connectivity index (χ1) is 12.5. The van der Waals surface area contributed by atoms with Gasteiger partial charge in [-0.3, -0.25) is 14.5 Å². The first-order valence-electron chi connectivity index (χ1n) is 9.55. The van der Waals surface area contributed by atoms with Gasteiger partial charge in [0.05, 0.1) is 13.2 Å². The lowest BCUT2D eigenvalue weighted by molar-refractivity contribution is -0.123. The van der Waals surface area contributed by atoms with E-state index >= 15 is 0 Å². The van der Waals surface area contributed by atoms with E-state index in [1.54, 1.807) is 0 Å². The van der Waals surface area contributed by atoms with Crippen molar-refractivity contribution < 1.29 is 14.3 Å². The molecule has 1 heterocycles. The number of carbonyl (C=O) groups is 2. The lowest BCUT2D eigenvalue weighted by Gasteiger charge is -2.34. The maximum Gasteiger partial charge on any atom is 0.253 e. The molecule has 2 fully saturated rings. The minimum absolute atomic E-state index is 0.0431. The van der Waals surface area contributed by atoms with Gasteiger partial charge in [0.15, 0.2) is 0 Å². The van der Waals surface area contributed by atoms with Gasteiger partial charge in [0.25, 0.3) is 5.91 Å². The molecule has 2 aliphatic rings. The van der Waals surface area contributed by atoms with Crippen LogP contribution in [0.3, 0.4) is 0 Å². The van der Waals surface area contributed by atoms with Crippen molar-refractivity contribution in [2.45, 2.75) is 32.7 Å². The van der Waals surface area contributed by atoms with Gasteiger partial charge < -0.3 is 15.0 Å². The van der Waals surface area contributed by atoms with E-state index in [9.17, 15) is 9.59 Å². The molecule has 1 aliphatic heterocycles. The summed E-state index contributed by atoms with van der Waals surface area (Å²) in [5.74, 6) is 1.64. The van der Waals surface area contributed by atoms with Crippen LogP contribution >= 0.6 is 0 Å². The van der Waals surface area contributed by atoms with Gasteiger partial charge in [-0.1, -0.05) is 0 Å². The molecule has 2 amide bonds. The summed E-state index contributed by atoms with van der Waals surface area (Å²) in [4.78, 5) is 28.4. The molecule has 0 spiro atoms. The van der Waals surface area contributed by atoms with Crippen LogP contribution in [-0.2, 0) is 4.79 Å². The Balaban J connectivity index is 1.44. The zero-order chi connectivity index (χ0) is 18.5. The fourth-order valence-electron chi connectivity index (χ4n) is 3.05. The summed E-state index contributed by atoms with van der Waals surface area (Å²) in [6, 6.07) is 7.59. The van der Waals surface area contributed by atoms with Gasteiger partial charge in [-0.25, -0.2) is 0 Å². The summed E-state index contributed by atoms with van der Waals surface area (Å²) in [7, 11) is 0. The van der Waals surface area contributed by atoms with Gasteiger partial charge in [0.2, 0.25) is 5.91 Å². The molecule has 142 valence electrons. The van der Waals surface area contributed by atoms with Crippen LogP contribution < -0.4 is 10.1 Å². The van der Waals surface area contributed by atoms with Crippen LogP contribution in [0.2, 0.25) is 0 Å². The smallest absolute Gasteiger partial charge is 0.253 e. The molecule has 0 atom stereocenters. The van der Waals surface area contributed by atoms with Crippen LogP contribution in [0.25, 0.3) is 0 Å². The van der Waals surface area contributed by atoms with Crippen LogP contribution in [0.5, 0.6) is 5.75 Å². The fraction of sp³-hybridized carbons (Fsp3) is 0.600. The predicted molar refractivity (Wildman–Crippen MR) is 100 cm³/mol. The van der Waals surface area contributed by atoms with E-state index in [1.165, 1.54) is 12.8 Å². The van der Waals surface area contributed by atoms with Crippen LogP contribution in [0.4, 0.5) is 0 Å². The van der Waals surface area contributed by atoms with Crippen molar-refractivity contribution in [3.05, 3.63) is 29.8 Å². The van der Waals surface area contributed by atoms with Crippen molar-refractivity contribution in [3.8, 4) is 5.75 Å².